The van der Waals surface area contributed by atoms with Crippen molar-refractivity contribution in [2.24, 2.45) is 5.92 Å². The molecule has 0 atom stereocenters. The van der Waals surface area contributed by atoms with Crippen LogP contribution in [0.1, 0.15) is 67.7 Å². The Kier molecular flexibility index (Phi) is 10.5. The van der Waals surface area contributed by atoms with Gasteiger partial charge in [-0.2, -0.15) is 0 Å². The molecule has 1 aliphatic carbocycles. The molecule has 212 valence electrons. The molecule has 1 N–H and O–H groups in total. The summed E-state index contributed by atoms with van der Waals surface area (Å²) in [4.78, 5) is 11.7. The van der Waals surface area contributed by atoms with Crippen molar-refractivity contribution in [2.45, 2.75) is 64.7 Å². The van der Waals surface area contributed by atoms with Crippen molar-refractivity contribution in [1.29, 1.82) is 0 Å². The van der Waals surface area contributed by atoms with Crippen molar-refractivity contribution in [2.75, 3.05) is 19.8 Å². The Morgan fingerprint density at radius 1 is 0.900 bits per heavy atom. The van der Waals surface area contributed by atoms with Crippen molar-refractivity contribution in [3.05, 3.63) is 101 Å². The molecule has 5 heteroatoms. The molecule has 0 saturated heterocycles. The lowest BCUT2D eigenvalue weighted by Crippen LogP contribution is -2.10. The van der Waals surface area contributed by atoms with Crippen molar-refractivity contribution in [3.63, 3.8) is 0 Å². The van der Waals surface area contributed by atoms with Crippen LogP contribution in [0.5, 0.6) is 5.75 Å². The number of benzene rings is 3. The van der Waals surface area contributed by atoms with Crippen LogP contribution in [0.3, 0.4) is 0 Å². The predicted molar refractivity (Wildman–Crippen MR) is 158 cm³/mol. The molecule has 0 bridgehead atoms. The molecule has 1 fully saturated rings. The van der Waals surface area contributed by atoms with Crippen molar-refractivity contribution < 1.29 is 23.8 Å². The average molecular weight is 545 g/mol. The number of rotatable bonds is 12. The quantitative estimate of drug-likeness (QED) is 0.188. The Bertz CT molecular complexity index is 1290. The second-order valence-corrected chi connectivity index (χ2v) is 11.1. The molecule has 40 heavy (non-hydrogen) atoms. The van der Waals surface area contributed by atoms with Crippen molar-refractivity contribution >= 4 is 5.97 Å². The Morgan fingerprint density at radius 3 is 2.30 bits per heavy atom. The van der Waals surface area contributed by atoms with Gasteiger partial charge < -0.3 is 14.6 Å². The van der Waals surface area contributed by atoms with Gasteiger partial charge in [-0.05, 0) is 90.0 Å². The fourth-order valence-corrected chi connectivity index (χ4v) is 5.41. The Balaban J connectivity index is 1.39. The summed E-state index contributed by atoms with van der Waals surface area (Å²) in [5, 5.41) is 9.15. The van der Waals surface area contributed by atoms with Gasteiger partial charge in [0.25, 0.3) is 0 Å². The molecule has 0 unspecified atom stereocenters. The standard InChI is InChI=1S/C35H41FO4/c1-24(2)35(38)40-20-18-32-22-26(7-17-34(32)39-21-19-37)6-10-30-15-16-31(23-33(30)36)29-13-11-28(12-14-29)27-8-4-25(3)5-9-27/h7,11-17,22-23,25,27,37H,1,4-6,8-10,18-21H2,2-3H3. The summed E-state index contributed by atoms with van der Waals surface area (Å²) in [6.07, 6.45) is 6.80. The smallest absolute Gasteiger partial charge is 0.333 e. The van der Waals surface area contributed by atoms with E-state index in [0.717, 1.165) is 28.2 Å². The number of hydrogen-bond acceptors (Lipinski definition) is 4. The zero-order chi connectivity index (χ0) is 28.5. The third-order valence-electron chi connectivity index (χ3n) is 7.89. The van der Waals surface area contributed by atoms with Gasteiger partial charge in [0.1, 0.15) is 18.2 Å². The van der Waals surface area contributed by atoms with Crippen LogP contribution in [0.15, 0.2) is 72.8 Å². The molecule has 3 aromatic carbocycles. The number of esters is 1. The van der Waals surface area contributed by atoms with Gasteiger partial charge in [0.15, 0.2) is 0 Å². The minimum atomic E-state index is -0.428. The van der Waals surface area contributed by atoms with Crippen LogP contribution in [0.2, 0.25) is 0 Å². The first kappa shape index (κ1) is 29.5. The molecule has 0 spiro atoms. The van der Waals surface area contributed by atoms with Crippen LogP contribution in [0.4, 0.5) is 4.39 Å². The SMILES string of the molecule is C=C(C)C(=O)OCCc1cc(CCc2ccc(-c3ccc(C4CCC(C)CC4)cc3)cc2F)ccc1OCCO. The third kappa shape index (κ3) is 8.04. The van der Waals surface area contributed by atoms with E-state index in [2.05, 4.69) is 37.8 Å². The maximum absolute atomic E-state index is 15.1. The topological polar surface area (TPSA) is 55.8 Å². The first-order valence-corrected chi connectivity index (χ1v) is 14.4. The van der Waals surface area contributed by atoms with E-state index >= 15 is 4.39 Å². The van der Waals surface area contributed by atoms with Crippen molar-refractivity contribution in [1.82, 2.24) is 0 Å². The molecule has 0 heterocycles. The highest BCUT2D eigenvalue weighted by molar-refractivity contribution is 5.86. The lowest BCUT2D eigenvalue weighted by atomic mass is 9.79. The minimum absolute atomic E-state index is 0.0922. The summed E-state index contributed by atoms with van der Waals surface area (Å²) in [6, 6.07) is 20.0. The number of hydrogen-bond donors (Lipinski definition) is 1. The predicted octanol–water partition coefficient (Wildman–Crippen LogP) is 7.60. The second kappa shape index (κ2) is 14.3. The van der Waals surface area contributed by atoms with E-state index in [-0.39, 0.29) is 25.6 Å². The average Bonchev–Trinajstić information content (AvgIpc) is 2.96. The number of aliphatic hydroxyl groups is 1. The lowest BCUT2D eigenvalue weighted by molar-refractivity contribution is -0.138. The van der Waals surface area contributed by atoms with E-state index < -0.39 is 5.97 Å². The molecule has 4 nitrogen and oxygen atoms in total. The summed E-state index contributed by atoms with van der Waals surface area (Å²) in [6.45, 7) is 7.83. The van der Waals surface area contributed by atoms with Crippen LogP contribution in [-0.4, -0.2) is 30.9 Å². The van der Waals surface area contributed by atoms with E-state index in [1.54, 1.807) is 13.0 Å². The van der Waals surface area contributed by atoms with Gasteiger partial charge in [-0.15, -0.1) is 0 Å². The minimum Gasteiger partial charge on any atom is -0.491 e. The van der Waals surface area contributed by atoms with Gasteiger partial charge in [0, 0.05) is 12.0 Å². The van der Waals surface area contributed by atoms with Gasteiger partial charge >= 0.3 is 5.97 Å². The zero-order valence-corrected chi connectivity index (χ0v) is 23.8. The number of aliphatic hydroxyl groups excluding tert-OH is 1. The van der Waals surface area contributed by atoms with Gasteiger partial charge in [-0.1, -0.05) is 74.9 Å². The van der Waals surface area contributed by atoms with Gasteiger partial charge in [0.05, 0.1) is 13.2 Å². The fraction of sp³-hybridized carbons (Fsp3) is 0.400. The molecule has 3 aromatic rings. The second-order valence-electron chi connectivity index (χ2n) is 11.1. The van der Waals surface area contributed by atoms with Crippen LogP contribution in [-0.2, 0) is 28.8 Å². The first-order valence-electron chi connectivity index (χ1n) is 14.4. The monoisotopic (exact) mass is 544 g/mol. The highest BCUT2D eigenvalue weighted by Gasteiger charge is 2.19. The molecule has 1 saturated carbocycles. The first-order chi connectivity index (χ1) is 19.3. The Labute approximate surface area is 237 Å². The third-order valence-corrected chi connectivity index (χ3v) is 7.89. The maximum Gasteiger partial charge on any atom is 0.333 e. The van der Waals surface area contributed by atoms with Gasteiger partial charge in [0.2, 0.25) is 0 Å². The number of ether oxygens (including phenoxy) is 2. The molecular weight excluding hydrogens is 503 g/mol. The molecular formula is C35H41FO4. The summed E-state index contributed by atoms with van der Waals surface area (Å²) >= 11 is 0. The molecule has 0 radical (unpaired) electrons. The van der Waals surface area contributed by atoms with E-state index in [9.17, 15) is 4.79 Å². The summed E-state index contributed by atoms with van der Waals surface area (Å²) in [5.74, 6) is 1.50. The number of aryl methyl sites for hydroxylation is 2. The van der Waals surface area contributed by atoms with Gasteiger partial charge in [-0.25, -0.2) is 9.18 Å². The largest absolute Gasteiger partial charge is 0.491 e. The number of carbonyl (C=O) groups excluding carboxylic acids is 1. The van der Waals surface area contributed by atoms with E-state index in [1.165, 1.54) is 31.2 Å². The van der Waals surface area contributed by atoms with E-state index in [0.29, 0.717) is 42.1 Å². The normalized spacial score (nSPS) is 16.9. The highest BCUT2D eigenvalue weighted by Crippen LogP contribution is 2.36. The maximum atomic E-state index is 15.1. The lowest BCUT2D eigenvalue weighted by Gasteiger charge is -2.26. The molecule has 0 aromatic heterocycles. The molecule has 4 rings (SSSR count). The Morgan fingerprint density at radius 2 is 1.62 bits per heavy atom. The summed E-state index contributed by atoms with van der Waals surface area (Å²) in [5.41, 5.74) is 6.26. The number of halogens is 1. The van der Waals surface area contributed by atoms with Gasteiger partial charge in [-0.3, -0.25) is 0 Å². The zero-order valence-electron chi connectivity index (χ0n) is 23.8. The van der Waals surface area contributed by atoms with Crippen LogP contribution >= 0.6 is 0 Å². The molecule has 0 amide bonds. The highest BCUT2D eigenvalue weighted by atomic mass is 19.1. The summed E-state index contributed by atoms with van der Waals surface area (Å²) < 4.78 is 26.0. The van der Waals surface area contributed by atoms with Crippen LogP contribution in [0.25, 0.3) is 11.1 Å². The van der Waals surface area contributed by atoms with Crippen LogP contribution in [0, 0.1) is 11.7 Å². The molecule has 1 aliphatic rings. The van der Waals surface area contributed by atoms with Crippen LogP contribution < -0.4 is 4.74 Å². The Hall–Kier alpha value is -3.44. The summed E-state index contributed by atoms with van der Waals surface area (Å²) in [7, 11) is 0. The van der Waals surface area contributed by atoms with Crippen molar-refractivity contribution in [3.8, 4) is 16.9 Å². The van der Waals surface area contributed by atoms with E-state index in [4.69, 9.17) is 14.6 Å². The molecule has 0 aliphatic heterocycles. The number of carbonyl (C=O) groups is 1. The van der Waals surface area contributed by atoms with E-state index in [1.807, 2.05) is 30.3 Å². The fourth-order valence-electron chi connectivity index (χ4n) is 5.41.